The van der Waals surface area contributed by atoms with Gasteiger partial charge in [-0.25, -0.2) is 0 Å². The van der Waals surface area contributed by atoms with Gasteiger partial charge in [0, 0.05) is 6.54 Å². The molecule has 0 aliphatic carbocycles. The molecular weight excluding hydrogens is 161 g/mol. The number of thiophene rings is 1. The monoisotopic (exact) mass is 173 g/mol. The Bertz CT molecular complexity index is 174. The van der Waals surface area contributed by atoms with Crippen LogP contribution in [0.4, 0.5) is 4.39 Å². The van der Waals surface area contributed by atoms with Crippen molar-refractivity contribution in [2.45, 2.75) is 13.0 Å². The summed E-state index contributed by atoms with van der Waals surface area (Å²) in [6.45, 7) is 1.41. The highest BCUT2D eigenvalue weighted by Gasteiger charge is 1.90. The second-order valence-electron chi connectivity index (χ2n) is 2.35. The number of hydrogen-bond acceptors (Lipinski definition) is 2. The van der Waals surface area contributed by atoms with Gasteiger partial charge in [0.05, 0.1) is 6.67 Å². The van der Waals surface area contributed by atoms with Gasteiger partial charge in [0.2, 0.25) is 0 Å². The largest absolute Gasteiger partial charge is 0.313 e. The summed E-state index contributed by atoms with van der Waals surface area (Å²) in [6, 6.07) is 2.08. The van der Waals surface area contributed by atoms with Crippen molar-refractivity contribution in [1.29, 1.82) is 0 Å². The Kier molecular flexibility index (Phi) is 4.16. The third kappa shape index (κ3) is 3.49. The van der Waals surface area contributed by atoms with Crippen LogP contribution in [0.1, 0.15) is 12.0 Å². The molecule has 3 heteroatoms. The Balaban J connectivity index is 2.04. The molecule has 0 aliphatic rings. The fourth-order valence-electron chi connectivity index (χ4n) is 0.818. The molecule has 0 saturated carbocycles. The summed E-state index contributed by atoms with van der Waals surface area (Å²) < 4.78 is 11.6. The molecule has 0 aliphatic heterocycles. The van der Waals surface area contributed by atoms with E-state index in [0.29, 0.717) is 6.42 Å². The Morgan fingerprint density at radius 2 is 2.45 bits per heavy atom. The average molecular weight is 173 g/mol. The van der Waals surface area contributed by atoms with Gasteiger partial charge in [-0.3, -0.25) is 4.39 Å². The zero-order valence-corrected chi connectivity index (χ0v) is 7.16. The topological polar surface area (TPSA) is 12.0 Å². The number of hydrogen-bond donors (Lipinski definition) is 1. The summed E-state index contributed by atoms with van der Waals surface area (Å²) in [5.41, 5.74) is 1.29. The normalized spacial score (nSPS) is 10.3. The van der Waals surface area contributed by atoms with Crippen LogP contribution < -0.4 is 5.32 Å². The molecule has 0 radical (unpaired) electrons. The molecule has 1 rings (SSSR count). The third-order valence-corrected chi connectivity index (χ3v) is 2.13. The SMILES string of the molecule is FCCCNCc1ccsc1. The first-order chi connectivity index (χ1) is 5.43. The zero-order valence-electron chi connectivity index (χ0n) is 6.35. The van der Waals surface area contributed by atoms with E-state index in [4.69, 9.17) is 0 Å². The molecule has 0 saturated heterocycles. The lowest BCUT2D eigenvalue weighted by atomic mass is 10.3. The summed E-state index contributed by atoms with van der Waals surface area (Å²) in [4.78, 5) is 0. The van der Waals surface area contributed by atoms with Crippen molar-refractivity contribution in [3.05, 3.63) is 22.4 Å². The number of nitrogens with one attached hydrogen (secondary N) is 1. The van der Waals surface area contributed by atoms with Crippen LogP contribution in [0.3, 0.4) is 0 Å². The molecule has 0 fully saturated rings. The van der Waals surface area contributed by atoms with Crippen LogP contribution in [0.5, 0.6) is 0 Å². The first kappa shape index (κ1) is 8.68. The van der Waals surface area contributed by atoms with Gasteiger partial charge in [-0.15, -0.1) is 0 Å². The molecule has 0 unspecified atom stereocenters. The lowest BCUT2D eigenvalue weighted by Gasteiger charge is -1.99. The number of alkyl halides is 1. The molecule has 0 spiro atoms. The highest BCUT2D eigenvalue weighted by molar-refractivity contribution is 7.07. The average Bonchev–Trinajstić information content (AvgIpc) is 2.50. The summed E-state index contributed by atoms with van der Waals surface area (Å²) in [5.74, 6) is 0. The van der Waals surface area contributed by atoms with Crippen LogP contribution in [0.25, 0.3) is 0 Å². The predicted molar refractivity (Wildman–Crippen MR) is 46.6 cm³/mol. The molecule has 11 heavy (non-hydrogen) atoms. The fourth-order valence-corrected chi connectivity index (χ4v) is 1.49. The van der Waals surface area contributed by atoms with Crippen molar-refractivity contribution < 1.29 is 4.39 Å². The lowest BCUT2D eigenvalue weighted by Crippen LogP contribution is -2.14. The van der Waals surface area contributed by atoms with Gasteiger partial charge in [-0.1, -0.05) is 0 Å². The Morgan fingerprint density at radius 3 is 3.09 bits per heavy atom. The van der Waals surface area contributed by atoms with Crippen molar-refractivity contribution in [1.82, 2.24) is 5.32 Å². The van der Waals surface area contributed by atoms with E-state index in [0.717, 1.165) is 13.1 Å². The van der Waals surface area contributed by atoms with Crippen LogP contribution in [0, 0.1) is 0 Å². The van der Waals surface area contributed by atoms with Gasteiger partial charge in [0.1, 0.15) is 0 Å². The van der Waals surface area contributed by atoms with E-state index in [-0.39, 0.29) is 6.67 Å². The number of rotatable bonds is 5. The zero-order chi connectivity index (χ0) is 7.94. The fraction of sp³-hybridized carbons (Fsp3) is 0.500. The standard InChI is InChI=1S/C8H12FNS/c9-3-1-4-10-6-8-2-5-11-7-8/h2,5,7,10H,1,3-4,6H2. The van der Waals surface area contributed by atoms with Crippen molar-refractivity contribution in [2.24, 2.45) is 0 Å². The van der Waals surface area contributed by atoms with Gasteiger partial charge < -0.3 is 5.32 Å². The van der Waals surface area contributed by atoms with E-state index >= 15 is 0 Å². The van der Waals surface area contributed by atoms with E-state index in [2.05, 4.69) is 16.8 Å². The van der Waals surface area contributed by atoms with E-state index in [1.807, 2.05) is 5.38 Å². The highest BCUT2D eigenvalue weighted by Crippen LogP contribution is 2.04. The minimum atomic E-state index is -0.226. The van der Waals surface area contributed by atoms with Crippen LogP contribution in [-0.4, -0.2) is 13.2 Å². The van der Waals surface area contributed by atoms with Gasteiger partial charge >= 0.3 is 0 Å². The maximum absolute atomic E-state index is 11.6. The molecule has 0 atom stereocenters. The molecule has 0 bridgehead atoms. The van der Waals surface area contributed by atoms with E-state index in [1.165, 1.54) is 5.56 Å². The van der Waals surface area contributed by atoms with Gasteiger partial charge in [-0.2, -0.15) is 11.3 Å². The van der Waals surface area contributed by atoms with E-state index < -0.39 is 0 Å². The van der Waals surface area contributed by atoms with Crippen molar-refractivity contribution in [3.63, 3.8) is 0 Å². The summed E-state index contributed by atoms with van der Waals surface area (Å²) in [7, 11) is 0. The van der Waals surface area contributed by atoms with Crippen LogP contribution in [0.15, 0.2) is 16.8 Å². The minimum absolute atomic E-state index is 0.226. The van der Waals surface area contributed by atoms with Gasteiger partial charge in [0.25, 0.3) is 0 Å². The molecule has 1 heterocycles. The van der Waals surface area contributed by atoms with E-state index in [9.17, 15) is 4.39 Å². The van der Waals surface area contributed by atoms with Crippen LogP contribution >= 0.6 is 11.3 Å². The molecule has 0 amide bonds. The van der Waals surface area contributed by atoms with Crippen molar-refractivity contribution >= 4 is 11.3 Å². The molecular formula is C8H12FNS. The molecule has 1 nitrogen and oxygen atoms in total. The Morgan fingerprint density at radius 1 is 1.55 bits per heavy atom. The smallest absolute Gasteiger partial charge is 0.0906 e. The molecule has 0 aromatic carbocycles. The van der Waals surface area contributed by atoms with Gasteiger partial charge in [-0.05, 0) is 35.4 Å². The first-order valence-corrected chi connectivity index (χ1v) is 4.65. The van der Waals surface area contributed by atoms with E-state index in [1.54, 1.807) is 11.3 Å². The lowest BCUT2D eigenvalue weighted by molar-refractivity contribution is 0.459. The Labute approximate surface area is 70.2 Å². The maximum Gasteiger partial charge on any atom is 0.0906 e. The Hall–Kier alpha value is -0.410. The predicted octanol–water partition coefficient (Wildman–Crippen LogP) is 2.20. The molecule has 1 aromatic heterocycles. The van der Waals surface area contributed by atoms with Crippen LogP contribution in [0.2, 0.25) is 0 Å². The summed E-state index contributed by atoms with van der Waals surface area (Å²) >= 11 is 1.69. The summed E-state index contributed by atoms with van der Waals surface area (Å²) in [6.07, 6.45) is 0.615. The quantitative estimate of drug-likeness (QED) is 0.673. The van der Waals surface area contributed by atoms with Crippen LogP contribution in [-0.2, 0) is 6.54 Å². The summed E-state index contributed by atoms with van der Waals surface area (Å²) in [5, 5.41) is 7.30. The molecule has 62 valence electrons. The van der Waals surface area contributed by atoms with Crippen molar-refractivity contribution in [3.8, 4) is 0 Å². The second-order valence-corrected chi connectivity index (χ2v) is 3.13. The third-order valence-electron chi connectivity index (χ3n) is 1.40. The molecule has 1 aromatic rings. The highest BCUT2D eigenvalue weighted by atomic mass is 32.1. The maximum atomic E-state index is 11.6. The molecule has 1 N–H and O–H groups in total. The van der Waals surface area contributed by atoms with Gasteiger partial charge in [0.15, 0.2) is 0 Å². The van der Waals surface area contributed by atoms with Crippen molar-refractivity contribution in [2.75, 3.05) is 13.2 Å². The first-order valence-electron chi connectivity index (χ1n) is 3.71. The second kappa shape index (κ2) is 5.27. The number of halogens is 1. The minimum Gasteiger partial charge on any atom is -0.313 e.